The molecule has 0 radical (unpaired) electrons. The van der Waals surface area contributed by atoms with Crippen LogP contribution in [0.3, 0.4) is 0 Å². The van der Waals surface area contributed by atoms with Crippen molar-refractivity contribution in [2.75, 3.05) is 13.2 Å². The van der Waals surface area contributed by atoms with Gasteiger partial charge in [-0.1, -0.05) is 24.9 Å². The van der Waals surface area contributed by atoms with E-state index >= 15 is 0 Å². The Balaban J connectivity index is 1.58. The molecule has 1 aliphatic rings. The third kappa shape index (κ3) is 3.59. The molecule has 1 amide bonds. The third-order valence-corrected chi connectivity index (χ3v) is 4.74. The molecule has 0 saturated heterocycles. The lowest BCUT2D eigenvalue weighted by Gasteiger charge is -2.28. The predicted molar refractivity (Wildman–Crippen MR) is 91.0 cm³/mol. The fourth-order valence-electron chi connectivity index (χ4n) is 3.40. The van der Waals surface area contributed by atoms with Crippen molar-refractivity contribution in [3.63, 3.8) is 0 Å². The number of pyridine rings is 1. The standard InChI is InChI=1S/C18H25N3O3/c1-11-6-4-5-7-15(11)23-9-8-19-17(22)14-10-12(2)20-18-16(14)13(3)21-24-18/h10-11,15H,4-9H2,1-3H3,(H,19,22)/t11-,15+/m1/s1. The molecule has 2 aromatic heterocycles. The molecule has 0 spiro atoms. The van der Waals surface area contributed by atoms with Crippen molar-refractivity contribution >= 4 is 17.0 Å². The van der Waals surface area contributed by atoms with Gasteiger partial charge in [-0.05, 0) is 38.7 Å². The van der Waals surface area contributed by atoms with Gasteiger partial charge in [-0.3, -0.25) is 4.79 Å². The van der Waals surface area contributed by atoms with Gasteiger partial charge in [0.25, 0.3) is 11.6 Å². The SMILES string of the molecule is Cc1cc(C(=O)NCCO[C@H]2CCCC[C@H]2C)c2c(C)noc2n1. The Morgan fingerprint density at radius 1 is 1.38 bits per heavy atom. The minimum absolute atomic E-state index is 0.142. The molecule has 1 saturated carbocycles. The van der Waals surface area contributed by atoms with E-state index < -0.39 is 0 Å². The zero-order valence-electron chi connectivity index (χ0n) is 14.6. The van der Waals surface area contributed by atoms with Crippen molar-refractivity contribution in [2.45, 2.75) is 52.6 Å². The van der Waals surface area contributed by atoms with Gasteiger partial charge in [0.1, 0.15) is 0 Å². The molecule has 24 heavy (non-hydrogen) atoms. The lowest BCUT2D eigenvalue weighted by Crippen LogP contribution is -2.32. The lowest BCUT2D eigenvalue weighted by molar-refractivity contribution is -0.00293. The highest BCUT2D eigenvalue weighted by Crippen LogP contribution is 2.26. The maximum absolute atomic E-state index is 12.5. The van der Waals surface area contributed by atoms with Crippen molar-refractivity contribution in [1.82, 2.24) is 15.5 Å². The number of ether oxygens (including phenoxy) is 1. The van der Waals surface area contributed by atoms with E-state index in [0.717, 1.165) is 12.1 Å². The Bertz CT molecular complexity index is 726. The molecule has 6 nitrogen and oxygen atoms in total. The van der Waals surface area contributed by atoms with E-state index in [2.05, 4.69) is 22.4 Å². The molecule has 0 aromatic carbocycles. The first kappa shape index (κ1) is 16.9. The van der Waals surface area contributed by atoms with Gasteiger partial charge in [0.05, 0.1) is 29.4 Å². The van der Waals surface area contributed by atoms with Gasteiger partial charge in [-0.15, -0.1) is 0 Å². The summed E-state index contributed by atoms with van der Waals surface area (Å²) in [5, 5.41) is 7.51. The van der Waals surface area contributed by atoms with E-state index in [4.69, 9.17) is 9.26 Å². The molecule has 0 unspecified atom stereocenters. The molecule has 0 aliphatic heterocycles. The van der Waals surface area contributed by atoms with Crippen molar-refractivity contribution in [3.8, 4) is 0 Å². The number of hydrogen-bond acceptors (Lipinski definition) is 5. The normalized spacial score (nSPS) is 21.1. The number of aromatic nitrogens is 2. The summed E-state index contributed by atoms with van der Waals surface area (Å²) in [7, 11) is 0. The van der Waals surface area contributed by atoms with E-state index in [-0.39, 0.29) is 5.91 Å². The highest BCUT2D eigenvalue weighted by atomic mass is 16.5. The average Bonchev–Trinajstić information content (AvgIpc) is 2.93. The van der Waals surface area contributed by atoms with Crippen LogP contribution in [0.4, 0.5) is 0 Å². The summed E-state index contributed by atoms with van der Waals surface area (Å²) in [6.45, 7) is 6.92. The smallest absolute Gasteiger partial charge is 0.258 e. The van der Waals surface area contributed by atoms with Crippen LogP contribution in [0.1, 0.15) is 54.4 Å². The minimum atomic E-state index is -0.142. The number of nitrogens with one attached hydrogen (secondary N) is 1. The molecule has 1 fully saturated rings. The first-order chi connectivity index (χ1) is 11.6. The van der Waals surface area contributed by atoms with E-state index in [1.807, 2.05) is 13.8 Å². The summed E-state index contributed by atoms with van der Waals surface area (Å²) in [4.78, 5) is 16.8. The molecule has 130 valence electrons. The van der Waals surface area contributed by atoms with Crippen LogP contribution in [0.15, 0.2) is 10.6 Å². The summed E-state index contributed by atoms with van der Waals surface area (Å²) in [6, 6.07) is 1.77. The number of amides is 1. The summed E-state index contributed by atoms with van der Waals surface area (Å²) >= 11 is 0. The zero-order valence-corrected chi connectivity index (χ0v) is 14.6. The number of fused-ring (bicyclic) bond motifs is 1. The van der Waals surface area contributed by atoms with Crippen molar-refractivity contribution in [3.05, 3.63) is 23.0 Å². The maximum Gasteiger partial charge on any atom is 0.258 e. The maximum atomic E-state index is 12.5. The Labute approximate surface area is 141 Å². The van der Waals surface area contributed by atoms with Crippen LogP contribution in [0.25, 0.3) is 11.1 Å². The summed E-state index contributed by atoms with van der Waals surface area (Å²) in [6.07, 6.45) is 5.22. The number of nitrogens with zero attached hydrogens (tertiary/aromatic N) is 2. The largest absolute Gasteiger partial charge is 0.376 e. The van der Waals surface area contributed by atoms with Gasteiger partial charge < -0.3 is 14.6 Å². The Morgan fingerprint density at radius 3 is 2.96 bits per heavy atom. The van der Waals surface area contributed by atoms with Crippen LogP contribution >= 0.6 is 0 Å². The van der Waals surface area contributed by atoms with Crippen LogP contribution in [0.5, 0.6) is 0 Å². The molecule has 6 heteroatoms. The highest BCUT2D eigenvalue weighted by molar-refractivity contribution is 6.06. The minimum Gasteiger partial charge on any atom is -0.376 e. The molecule has 0 bridgehead atoms. The average molecular weight is 331 g/mol. The van der Waals surface area contributed by atoms with Crippen molar-refractivity contribution in [2.24, 2.45) is 5.92 Å². The first-order valence-electron chi connectivity index (χ1n) is 8.69. The first-order valence-corrected chi connectivity index (χ1v) is 8.69. The second-order valence-electron chi connectivity index (χ2n) is 6.69. The van der Waals surface area contributed by atoms with Crippen molar-refractivity contribution < 1.29 is 14.1 Å². The Morgan fingerprint density at radius 2 is 2.17 bits per heavy atom. The van der Waals surface area contributed by atoms with Gasteiger partial charge in [-0.25, -0.2) is 4.98 Å². The monoisotopic (exact) mass is 331 g/mol. The Hall–Kier alpha value is -1.95. The number of carbonyl (C=O) groups is 1. The van der Waals surface area contributed by atoms with E-state index in [9.17, 15) is 4.79 Å². The van der Waals surface area contributed by atoms with Crippen LogP contribution < -0.4 is 5.32 Å². The lowest BCUT2D eigenvalue weighted by atomic mass is 9.88. The molecule has 3 rings (SSSR count). The molecule has 2 heterocycles. The van der Waals surface area contributed by atoms with Crippen molar-refractivity contribution in [1.29, 1.82) is 0 Å². The third-order valence-electron chi connectivity index (χ3n) is 4.74. The van der Waals surface area contributed by atoms with Gasteiger partial charge in [0, 0.05) is 12.2 Å². The van der Waals surface area contributed by atoms with Crippen LogP contribution in [0, 0.1) is 19.8 Å². The van der Waals surface area contributed by atoms with Crippen LogP contribution in [-0.2, 0) is 4.74 Å². The summed E-state index contributed by atoms with van der Waals surface area (Å²) in [5.41, 5.74) is 2.37. The topological polar surface area (TPSA) is 77.2 Å². The molecule has 1 aliphatic carbocycles. The molecule has 2 aromatic rings. The molecule has 1 N–H and O–H groups in total. The second kappa shape index (κ2) is 7.30. The van der Waals surface area contributed by atoms with E-state index in [0.29, 0.717) is 47.5 Å². The molecular formula is C18H25N3O3. The van der Waals surface area contributed by atoms with E-state index in [1.165, 1.54) is 19.3 Å². The quantitative estimate of drug-likeness (QED) is 0.852. The second-order valence-corrected chi connectivity index (χ2v) is 6.69. The van der Waals surface area contributed by atoms with Gasteiger partial charge in [0.2, 0.25) is 0 Å². The fourth-order valence-corrected chi connectivity index (χ4v) is 3.40. The van der Waals surface area contributed by atoms with E-state index in [1.54, 1.807) is 6.07 Å². The fraction of sp³-hybridized carbons (Fsp3) is 0.611. The highest BCUT2D eigenvalue weighted by Gasteiger charge is 2.22. The van der Waals surface area contributed by atoms with Crippen LogP contribution in [-0.4, -0.2) is 35.3 Å². The molecule has 2 atom stereocenters. The van der Waals surface area contributed by atoms with Gasteiger partial charge >= 0.3 is 0 Å². The van der Waals surface area contributed by atoms with Gasteiger partial charge in [0.15, 0.2) is 0 Å². The summed E-state index contributed by atoms with van der Waals surface area (Å²) < 4.78 is 11.1. The zero-order chi connectivity index (χ0) is 17.1. The number of aryl methyl sites for hydroxylation is 2. The van der Waals surface area contributed by atoms with Crippen LogP contribution in [0.2, 0.25) is 0 Å². The summed E-state index contributed by atoms with van der Waals surface area (Å²) in [5.74, 6) is 0.466. The number of hydrogen-bond donors (Lipinski definition) is 1. The predicted octanol–water partition coefficient (Wildman–Crippen LogP) is 3.16. The Kier molecular flexibility index (Phi) is 5.14. The molecular weight excluding hydrogens is 306 g/mol. The van der Waals surface area contributed by atoms with Gasteiger partial charge in [-0.2, -0.15) is 0 Å². The number of carbonyl (C=O) groups excluding carboxylic acids is 1. The number of rotatable bonds is 5.